The van der Waals surface area contributed by atoms with Crippen LogP contribution < -0.4 is 16.4 Å². The molecule has 2 aromatic heterocycles. The van der Waals surface area contributed by atoms with Gasteiger partial charge in [0, 0.05) is 21.5 Å². The monoisotopic (exact) mass is 428 g/mol. The molecule has 0 bridgehead atoms. The number of unbranched alkanes of at least 4 members (excludes halogenated alkanes) is 1. The molecule has 172 valence electrons. The summed E-state index contributed by atoms with van der Waals surface area (Å²) in [5.41, 5.74) is 15.1. The van der Waals surface area contributed by atoms with Crippen LogP contribution in [0.1, 0.15) is 74.8 Å². The summed E-state index contributed by atoms with van der Waals surface area (Å²) in [6.45, 7) is 10.0. The minimum Gasteiger partial charge on any atom is -0.368 e. The first-order valence-electron chi connectivity index (χ1n) is 11.3. The number of nitrogens with zero attached hydrogens (tertiary/aromatic N) is 4. The number of allylic oxidation sites excluding steroid dienone is 3. The van der Waals surface area contributed by atoms with Crippen molar-refractivity contribution in [3.63, 3.8) is 0 Å². The number of rotatable bonds is 6. The van der Waals surface area contributed by atoms with Crippen molar-refractivity contribution in [3.8, 4) is 0 Å². The number of primary amides is 1. The minimum atomic E-state index is -0.426. The highest BCUT2D eigenvalue weighted by atomic mass is 16.1. The average Bonchev–Trinajstić information content (AvgIpc) is 2.79. The molecule has 0 unspecified atom stereocenters. The summed E-state index contributed by atoms with van der Waals surface area (Å²) < 4.78 is 0. The van der Waals surface area contributed by atoms with Gasteiger partial charge in [0.15, 0.2) is 5.82 Å². The number of anilines is 2. The quantitative estimate of drug-likeness (QED) is 0.488. The average molecular weight is 429 g/mol. The zero-order valence-electron chi connectivity index (χ0n) is 19.3. The van der Waals surface area contributed by atoms with Crippen LogP contribution in [0.15, 0.2) is 29.9 Å². The Balaban J connectivity index is 0.00000158. The van der Waals surface area contributed by atoms with E-state index in [2.05, 4.69) is 35.6 Å². The maximum atomic E-state index is 11.2. The van der Waals surface area contributed by atoms with Gasteiger partial charge in [-0.1, -0.05) is 45.8 Å². The van der Waals surface area contributed by atoms with Crippen molar-refractivity contribution >= 4 is 34.3 Å². The first-order chi connectivity index (χ1) is 14.9. The van der Waals surface area contributed by atoms with Gasteiger partial charge in [0.05, 0.1) is 11.2 Å². The third kappa shape index (κ3) is 6.77. The third-order valence-electron chi connectivity index (χ3n) is 5.33. The molecule has 7 heteroatoms. The number of aromatic nitrogens is 3. The molecule has 3 heterocycles. The number of hydrogen-bond acceptors (Lipinski definition) is 6. The highest BCUT2D eigenvalue weighted by molar-refractivity contribution is 5.92. The molecular formula is C24H40N6O. The molecule has 4 N–H and O–H groups in total. The smallest absolute Gasteiger partial charge is 0.244 e. The molecule has 0 spiro atoms. The van der Waals surface area contributed by atoms with E-state index >= 15 is 0 Å². The number of fused-ring (bicyclic) bond motifs is 1. The number of nitrogen functional groups attached to an aromatic ring is 1. The maximum absolute atomic E-state index is 11.2. The number of nitrogens with two attached hydrogens (primary N) is 2. The van der Waals surface area contributed by atoms with Crippen molar-refractivity contribution in [3.05, 3.63) is 35.6 Å². The van der Waals surface area contributed by atoms with Crippen LogP contribution in [0.5, 0.6) is 0 Å². The zero-order valence-corrected chi connectivity index (χ0v) is 19.3. The number of carbonyl (C=O) groups is 1. The lowest BCUT2D eigenvalue weighted by atomic mass is 10.1. The van der Waals surface area contributed by atoms with Gasteiger partial charge in [0.25, 0.3) is 0 Å². The molecule has 1 aliphatic rings. The van der Waals surface area contributed by atoms with Crippen LogP contribution in [0.25, 0.3) is 16.6 Å². The lowest BCUT2D eigenvalue weighted by Crippen LogP contribution is -2.30. The van der Waals surface area contributed by atoms with Gasteiger partial charge in [-0.2, -0.15) is 4.98 Å². The lowest BCUT2D eigenvalue weighted by molar-refractivity contribution is -0.114. The highest BCUT2D eigenvalue weighted by Crippen LogP contribution is 2.28. The molecule has 0 aliphatic carbocycles. The Morgan fingerprint density at radius 1 is 1.06 bits per heavy atom. The number of carbonyl (C=O) groups excluding carboxylic acids is 1. The Morgan fingerprint density at radius 3 is 2.32 bits per heavy atom. The summed E-state index contributed by atoms with van der Waals surface area (Å²) in [4.78, 5) is 27.2. The molecule has 0 saturated carbocycles. The molecule has 0 aromatic carbocycles. The van der Waals surface area contributed by atoms with Crippen molar-refractivity contribution in [1.82, 2.24) is 15.0 Å². The molecule has 3 rings (SSSR count). The largest absolute Gasteiger partial charge is 0.368 e. The molecule has 7 nitrogen and oxygen atoms in total. The summed E-state index contributed by atoms with van der Waals surface area (Å²) in [5, 5.41) is 0. The van der Waals surface area contributed by atoms with E-state index in [1.165, 1.54) is 19.3 Å². The fourth-order valence-corrected chi connectivity index (χ4v) is 3.21. The Hall–Kier alpha value is -2.96. The van der Waals surface area contributed by atoms with Gasteiger partial charge in [0.2, 0.25) is 11.9 Å². The number of pyridine rings is 1. The molecule has 31 heavy (non-hydrogen) atoms. The van der Waals surface area contributed by atoms with Crippen LogP contribution in [0, 0.1) is 0 Å². The molecule has 1 aliphatic heterocycles. The first kappa shape index (κ1) is 24.3. The third-order valence-corrected chi connectivity index (χ3v) is 5.33. The fraction of sp³-hybridized carbons (Fsp3) is 0.500. The second-order valence-electron chi connectivity index (χ2n) is 7.78. The van der Waals surface area contributed by atoms with Crippen LogP contribution in [0.3, 0.4) is 0 Å². The highest BCUT2D eigenvalue weighted by Gasteiger charge is 2.18. The van der Waals surface area contributed by atoms with Crippen LogP contribution in [0.2, 0.25) is 0 Å². The predicted molar refractivity (Wildman–Crippen MR) is 134 cm³/mol. The van der Waals surface area contributed by atoms with Gasteiger partial charge in [-0.05, 0) is 50.3 Å². The molecular weight excluding hydrogens is 388 g/mol. The molecule has 1 amide bonds. The zero-order chi connectivity index (χ0) is 22.8. The van der Waals surface area contributed by atoms with E-state index in [1.54, 1.807) is 13.0 Å². The van der Waals surface area contributed by atoms with E-state index in [1.807, 2.05) is 18.2 Å². The lowest BCUT2D eigenvalue weighted by Gasteiger charge is -2.28. The van der Waals surface area contributed by atoms with E-state index < -0.39 is 5.91 Å². The fourth-order valence-electron chi connectivity index (χ4n) is 3.21. The Bertz CT molecular complexity index is 953. The molecule has 0 radical (unpaired) electrons. The summed E-state index contributed by atoms with van der Waals surface area (Å²) >= 11 is 0. The van der Waals surface area contributed by atoms with Gasteiger partial charge in [-0.3, -0.25) is 4.79 Å². The SMILES string of the molecule is CC/C(=C\C=C(/C)C(N)=O)c1ccc2nc(N)nc(N3CCCCC3)c2n1.CCCC.[HH].[HH]. The summed E-state index contributed by atoms with van der Waals surface area (Å²) in [7, 11) is 0. The first-order valence-corrected chi connectivity index (χ1v) is 11.3. The Labute approximate surface area is 188 Å². The van der Waals surface area contributed by atoms with Crippen molar-refractivity contribution in [2.45, 2.75) is 66.2 Å². The second-order valence-corrected chi connectivity index (χ2v) is 7.78. The molecule has 1 saturated heterocycles. The topological polar surface area (TPSA) is 111 Å². The molecule has 2 aromatic rings. The number of piperidine rings is 1. The Morgan fingerprint density at radius 2 is 1.74 bits per heavy atom. The van der Waals surface area contributed by atoms with Gasteiger partial charge in [-0.15, -0.1) is 0 Å². The molecule has 0 atom stereocenters. The van der Waals surface area contributed by atoms with E-state index in [9.17, 15) is 4.79 Å². The van der Waals surface area contributed by atoms with Gasteiger partial charge >= 0.3 is 0 Å². The van der Waals surface area contributed by atoms with Crippen LogP contribution in [0.4, 0.5) is 11.8 Å². The summed E-state index contributed by atoms with van der Waals surface area (Å²) in [5.74, 6) is 0.645. The van der Waals surface area contributed by atoms with E-state index in [0.717, 1.165) is 60.5 Å². The van der Waals surface area contributed by atoms with Crippen molar-refractivity contribution < 1.29 is 7.65 Å². The predicted octanol–water partition coefficient (Wildman–Crippen LogP) is 5.12. The van der Waals surface area contributed by atoms with E-state index in [0.29, 0.717) is 5.57 Å². The number of hydrogen-bond donors (Lipinski definition) is 2. The summed E-state index contributed by atoms with van der Waals surface area (Å²) in [6, 6.07) is 3.86. The molecule has 1 fully saturated rings. The van der Waals surface area contributed by atoms with Crippen molar-refractivity contribution in [1.29, 1.82) is 0 Å². The normalized spacial score (nSPS) is 14.9. The van der Waals surface area contributed by atoms with Crippen molar-refractivity contribution in [2.24, 2.45) is 5.73 Å². The number of amides is 1. The Kier molecular flexibility index (Phi) is 9.43. The summed E-state index contributed by atoms with van der Waals surface area (Å²) in [6.07, 6.45) is 10.6. The van der Waals surface area contributed by atoms with Crippen molar-refractivity contribution in [2.75, 3.05) is 23.7 Å². The van der Waals surface area contributed by atoms with Crippen LogP contribution in [-0.4, -0.2) is 33.9 Å². The maximum Gasteiger partial charge on any atom is 0.244 e. The second kappa shape index (κ2) is 12.0. The van der Waals surface area contributed by atoms with Gasteiger partial charge in [0.1, 0.15) is 5.52 Å². The van der Waals surface area contributed by atoms with E-state index in [-0.39, 0.29) is 8.80 Å². The van der Waals surface area contributed by atoms with Gasteiger partial charge in [-0.25, -0.2) is 9.97 Å². The van der Waals surface area contributed by atoms with E-state index in [4.69, 9.17) is 16.5 Å². The van der Waals surface area contributed by atoms with Gasteiger partial charge < -0.3 is 16.4 Å². The van der Waals surface area contributed by atoms with Crippen LogP contribution >= 0.6 is 0 Å². The van der Waals surface area contributed by atoms with Crippen LogP contribution in [-0.2, 0) is 4.79 Å². The minimum absolute atomic E-state index is 0. The standard InChI is InChI=1S/C20H26N6O.C4H10.2H2/c1-3-14(8-7-13(2)18(21)27)15-9-10-16-17(23-15)19(25-20(22)24-16)26-11-5-4-6-12-26;1-3-4-2;;/h7-10H,3-6,11-12H2,1-2H3,(H2,21,27)(H2,22,24,25);3-4H2,1-2H3;2*1H/b13-7+,14-8+;;;.